The van der Waals surface area contributed by atoms with Crippen LogP contribution in [0.3, 0.4) is 0 Å². The van der Waals surface area contributed by atoms with Crippen LogP contribution in [0.5, 0.6) is 5.75 Å². The fourth-order valence-corrected chi connectivity index (χ4v) is 4.20. The zero-order valence-corrected chi connectivity index (χ0v) is 13.2. The summed E-state index contributed by atoms with van der Waals surface area (Å²) in [6.45, 7) is 1.81. The van der Waals surface area contributed by atoms with Crippen LogP contribution < -0.4 is 9.64 Å². The highest BCUT2D eigenvalue weighted by atomic mass is 32.2. The summed E-state index contributed by atoms with van der Waals surface area (Å²) in [6.07, 6.45) is -1.83. The van der Waals surface area contributed by atoms with Crippen molar-refractivity contribution in [2.45, 2.75) is 19.1 Å². The van der Waals surface area contributed by atoms with E-state index in [1.54, 1.807) is 31.2 Å². The minimum Gasteiger partial charge on any atom is -0.497 e. The van der Waals surface area contributed by atoms with Gasteiger partial charge in [0.25, 0.3) is 0 Å². The Labute approximate surface area is 129 Å². The molecule has 22 heavy (non-hydrogen) atoms. The van der Waals surface area contributed by atoms with E-state index in [2.05, 4.69) is 0 Å². The van der Waals surface area contributed by atoms with Gasteiger partial charge >= 0.3 is 6.09 Å². The van der Waals surface area contributed by atoms with Crippen LogP contribution in [0.1, 0.15) is 6.92 Å². The van der Waals surface area contributed by atoms with Crippen molar-refractivity contribution >= 4 is 21.6 Å². The Kier molecular flexibility index (Phi) is 4.92. The maximum Gasteiger partial charge on any atom is 0.414 e. The molecule has 7 nitrogen and oxygen atoms in total. The molecular weight excluding hydrogens is 310 g/mol. The third-order valence-corrected chi connectivity index (χ3v) is 5.14. The van der Waals surface area contributed by atoms with Crippen molar-refractivity contribution in [1.29, 1.82) is 0 Å². The Bertz CT molecular complexity index is 627. The molecule has 1 aromatic rings. The SMILES string of the molecule is CCOC(=O)N(c1ccc(OC)cc1)[C@H]1CS(=O)(=O)C[C@H]1O. The van der Waals surface area contributed by atoms with Crippen molar-refractivity contribution < 1.29 is 27.8 Å². The van der Waals surface area contributed by atoms with Crippen molar-refractivity contribution in [3.63, 3.8) is 0 Å². The highest BCUT2D eigenvalue weighted by Gasteiger charge is 2.43. The molecule has 0 unspecified atom stereocenters. The largest absolute Gasteiger partial charge is 0.497 e. The van der Waals surface area contributed by atoms with E-state index in [0.29, 0.717) is 11.4 Å². The quantitative estimate of drug-likeness (QED) is 0.879. The lowest BCUT2D eigenvalue weighted by molar-refractivity contribution is 0.141. The number of anilines is 1. The number of benzene rings is 1. The van der Waals surface area contributed by atoms with Crippen molar-refractivity contribution in [3.05, 3.63) is 24.3 Å². The number of sulfone groups is 1. The standard InChI is InChI=1S/C14H19NO6S/c1-3-21-14(17)15(10-4-6-11(20-2)7-5-10)12-8-22(18,19)9-13(12)16/h4-7,12-13,16H,3,8-9H2,1-2H3/t12-,13+/m0/s1. The average molecular weight is 329 g/mol. The maximum atomic E-state index is 12.2. The van der Waals surface area contributed by atoms with Gasteiger partial charge in [0.15, 0.2) is 9.84 Å². The summed E-state index contributed by atoms with van der Waals surface area (Å²) in [7, 11) is -1.86. The summed E-state index contributed by atoms with van der Waals surface area (Å²) in [5, 5.41) is 10.0. The lowest BCUT2D eigenvalue weighted by Crippen LogP contribution is -2.47. The van der Waals surface area contributed by atoms with E-state index in [9.17, 15) is 18.3 Å². The lowest BCUT2D eigenvalue weighted by Gasteiger charge is -2.29. The second-order valence-electron chi connectivity index (χ2n) is 4.98. The number of aliphatic hydroxyl groups excluding tert-OH is 1. The number of hydrogen-bond acceptors (Lipinski definition) is 6. The molecule has 0 aliphatic carbocycles. The van der Waals surface area contributed by atoms with Gasteiger partial charge in [-0.05, 0) is 31.2 Å². The zero-order chi connectivity index (χ0) is 16.3. The second-order valence-corrected chi connectivity index (χ2v) is 7.13. The van der Waals surface area contributed by atoms with Gasteiger partial charge in [-0.1, -0.05) is 0 Å². The number of carbonyl (C=O) groups excluding carboxylic acids is 1. The van der Waals surface area contributed by atoms with Gasteiger partial charge in [-0.3, -0.25) is 4.90 Å². The normalized spacial score (nSPS) is 23.0. The molecule has 2 rings (SSSR count). The molecule has 0 bridgehead atoms. The number of rotatable bonds is 4. The van der Waals surface area contributed by atoms with Crippen LogP contribution in [0.15, 0.2) is 24.3 Å². The molecule has 1 aliphatic rings. The van der Waals surface area contributed by atoms with E-state index in [0.717, 1.165) is 0 Å². The minimum atomic E-state index is -3.38. The molecule has 1 N–H and O–H groups in total. The molecule has 0 radical (unpaired) electrons. The number of ether oxygens (including phenoxy) is 2. The first kappa shape index (κ1) is 16.6. The minimum absolute atomic E-state index is 0.154. The predicted molar refractivity (Wildman–Crippen MR) is 80.9 cm³/mol. The Balaban J connectivity index is 2.36. The second kappa shape index (κ2) is 6.53. The van der Waals surface area contributed by atoms with Crippen LogP contribution in [0.25, 0.3) is 0 Å². The van der Waals surface area contributed by atoms with Gasteiger partial charge in [0.2, 0.25) is 0 Å². The molecule has 1 heterocycles. The van der Waals surface area contributed by atoms with Gasteiger partial charge in [0.1, 0.15) is 5.75 Å². The summed E-state index contributed by atoms with van der Waals surface area (Å²) in [5.74, 6) is -0.0462. The third kappa shape index (κ3) is 3.50. The van der Waals surface area contributed by atoms with Crippen molar-refractivity contribution in [3.8, 4) is 5.75 Å². The van der Waals surface area contributed by atoms with Crippen LogP contribution in [0, 0.1) is 0 Å². The molecule has 8 heteroatoms. The third-order valence-electron chi connectivity index (χ3n) is 3.44. The molecule has 1 aliphatic heterocycles. The monoisotopic (exact) mass is 329 g/mol. The molecule has 0 aromatic heterocycles. The topological polar surface area (TPSA) is 93.1 Å². The molecule has 1 aromatic carbocycles. The van der Waals surface area contributed by atoms with Crippen LogP contribution in [0.4, 0.5) is 10.5 Å². The number of amides is 1. The molecule has 0 spiro atoms. The number of nitrogens with zero attached hydrogens (tertiary/aromatic N) is 1. The summed E-state index contributed by atoms with van der Waals surface area (Å²) in [4.78, 5) is 13.4. The predicted octanol–water partition coefficient (Wildman–Crippen LogP) is 0.816. The van der Waals surface area contributed by atoms with Crippen LogP contribution >= 0.6 is 0 Å². The Morgan fingerprint density at radius 3 is 2.41 bits per heavy atom. The summed E-state index contributed by atoms with van der Waals surface area (Å²) < 4.78 is 33.5. The Morgan fingerprint density at radius 1 is 1.32 bits per heavy atom. The van der Waals surface area contributed by atoms with Crippen molar-refractivity contribution in [1.82, 2.24) is 0 Å². The number of carbonyl (C=O) groups is 1. The van der Waals surface area contributed by atoms with Gasteiger partial charge in [0.05, 0.1) is 37.4 Å². The number of hydrogen-bond donors (Lipinski definition) is 1. The highest BCUT2D eigenvalue weighted by molar-refractivity contribution is 7.91. The van der Waals surface area contributed by atoms with E-state index in [-0.39, 0.29) is 18.1 Å². The summed E-state index contributed by atoms with van der Waals surface area (Å²) in [5.41, 5.74) is 0.445. The van der Waals surface area contributed by atoms with Crippen LogP contribution in [0.2, 0.25) is 0 Å². The summed E-state index contributed by atoms with van der Waals surface area (Å²) >= 11 is 0. The molecule has 1 amide bonds. The zero-order valence-electron chi connectivity index (χ0n) is 12.4. The van der Waals surface area contributed by atoms with Gasteiger partial charge < -0.3 is 14.6 Å². The molecule has 122 valence electrons. The molecule has 1 fully saturated rings. The Morgan fingerprint density at radius 2 is 1.95 bits per heavy atom. The van der Waals surface area contributed by atoms with E-state index >= 15 is 0 Å². The van der Waals surface area contributed by atoms with Gasteiger partial charge in [-0.25, -0.2) is 13.2 Å². The van der Waals surface area contributed by atoms with Gasteiger partial charge in [-0.2, -0.15) is 0 Å². The van der Waals surface area contributed by atoms with E-state index < -0.39 is 28.1 Å². The van der Waals surface area contributed by atoms with E-state index in [1.807, 2.05) is 0 Å². The maximum absolute atomic E-state index is 12.2. The smallest absolute Gasteiger partial charge is 0.414 e. The molecule has 1 saturated heterocycles. The number of aliphatic hydroxyl groups is 1. The first-order valence-electron chi connectivity index (χ1n) is 6.86. The summed E-state index contributed by atoms with van der Waals surface area (Å²) in [6, 6.07) is 5.67. The van der Waals surface area contributed by atoms with Gasteiger partial charge in [0, 0.05) is 5.69 Å². The van der Waals surface area contributed by atoms with E-state index in [4.69, 9.17) is 9.47 Å². The lowest BCUT2D eigenvalue weighted by atomic mass is 10.1. The van der Waals surface area contributed by atoms with Crippen molar-refractivity contribution in [2.24, 2.45) is 0 Å². The molecular formula is C14H19NO6S. The first-order valence-corrected chi connectivity index (χ1v) is 8.68. The molecule has 0 saturated carbocycles. The highest BCUT2D eigenvalue weighted by Crippen LogP contribution is 2.27. The van der Waals surface area contributed by atoms with Crippen LogP contribution in [-0.4, -0.2) is 57.0 Å². The Hall–Kier alpha value is -1.80. The fourth-order valence-electron chi connectivity index (χ4n) is 2.43. The van der Waals surface area contributed by atoms with Crippen molar-refractivity contribution in [2.75, 3.05) is 30.1 Å². The fraction of sp³-hybridized carbons (Fsp3) is 0.500. The average Bonchev–Trinajstić information content (AvgIpc) is 2.73. The number of methoxy groups -OCH3 is 1. The first-order chi connectivity index (χ1) is 10.4. The van der Waals surface area contributed by atoms with Crippen LogP contribution in [-0.2, 0) is 14.6 Å². The van der Waals surface area contributed by atoms with E-state index in [1.165, 1.54) is 12.0 Å². The van der Waals surface area contributed by atoms with Gasteiger partial charge in [-0.15, -0.1) is 0 Å². The molecule has 2 atom stereocenters.